The fourth-order valence-electron chi connectivity index (χ4n) is 5.21. The largest absolute Gasteiger partial charge is 0.274 e. The van der Waals surface area contributed by atoms with Crippen LogP contribution in [0.5, 0.6) is 0 Å². The molecule has 1 aromatic carbocycles. The van der Waals surface area contributed by atoms with E-state index >= 15 is 0 Å². The summed E-state index contributed by atoms with van der Waals surface area (Å²) in [5, 5.41) is 0. The number of benzene rings is 1. The van der Waals surface area contributed by atoms with Crippen LogP contribution in [0.1, 0.15) is 25.3 Å². The smallest absolute Gasteiger partial charge is 0.238 e. The first-order valence-corrected chi connectivity index (χ1v) is 8.32. The van der Waals surface area contributed by atoms with Gasteiger partial charge in [0.1, 0.15) is 0 Å². The average molecular weight is 293 g/mol. The van der Waals surface area contributed by atoms with Gasteiger partial charge in [0, 0.05) is 0 Å². The van der Waals surface area contributed by atoms with E-state index in [1.165, 1.54) is 23.3 Å². The Hall–Kier alpha value is -1.90. The van der Waals surface area contributed by atoms with Crippen molar-refractivity contribution in [3.8, 4) is 0 Å². The summed E-state index contributed by atoms with van der Waals surface area (Å²) in [5.74, 6) is 0.467. The van der Waals surface area contributed by atoms with Crippen LogP contribution in [0, 0.1) is 29.1 Å². The SMILES string of the molecule is CCc1ccc(N2C(=O)[C@@H]3[C@@H](C2=O)[C@@H]2C=C[C@@H]3C23CC3)cc1. The molecule has 0 unspecified atom stereocenters. The first kappa shape index (κ1) is 12.6. The normalized spacial score (nSPS) is 36.5. The molecule has 3 fully saturated rings. The first-order valence-electron chi connectivity index (χ1n) is 8.32. The van der Waals surface area contributed by atoms with Crippen molar-refractivity contribution in [2.24, 2.45) is 29.1 Å². The molecule has 1 heterocycles. The number of carbonyl (C=O) groups is 2. The molecule has 112 valence electrons. The monoisotopic (exact) mass is 293 g/mol. The number of rotatable bonds is 2. The minimum Gasteiger partial charge on any atom is -0.274 e. The van der Waals surface area contributed by atoms with Crippen LogP contribution in [0.4, 0.5) is 5.69 Å². The van der Waals surface area contributed by atoms with Gasteiger partial charge >= 0.3 is 0 Å². The van der Waals surface area contributed by atoms with E-state index in [1.807, 2.05) is 24.3 Å². The second-order valence-corrected chi connectivity index (χ2v) is 7.25. The van der Waals surface area contributed by atoms with Crippen LogP contribution < -0.4 is 4.90 Å². The third-order valence-corrected chi connectivity index (χ3v) is 6.46. The topological polar surface area (TPSA) is 37.4 Å². The lowest BCUT2D eigenvalue weighted by molar-refractivity contribution is -0.123. The van der Waals surface area contributed by atoms with Gasteiger partial charge in [-0.3, -0.25) is 14.5 Å². The van der Waals surface area contributed by atoms with Gasteiger partial charge in [0.15, 0.2) is 0 Å². The van der Waals surface area contributed by atoms with Gasteiger partial charge in [-0.2, -0.15) is 0 Å². The molecule has 2 bridgehead atoms. The number of anilines is 1. The van der Waals surface area contributed by atoms with Crippen LogP contribution in [0.2, 0.25) is 0 Å². The van der Waals surface area contributed by atoms with Crippen LogP contribution in [0.15, 0.2) is 36.4 Å². The molecule has 2 saturated carbocycles. The van der Waals surface area contributed by atoms with Gasteiger partial charge in [-0.1, -0.05) is 31.2 Å². The summed E-state index contributed by atoms with van der Waals surface area (Å²) in [6, 6.07) is 7.86. The molecule has 0 radical (unpaired) electrons. The fourth-order valence-corrected chi connectivity index (χ4v) is 5.21. The molecule has 1 spiro atoms. The Bertz CT molecular complexity index is 679. The van der Waals surface area contributed by atoms with E-state index < -0.39 is 0 Å². The molecule has 4 aliphatic rings. The van der Waals surface area contributed by atoms with Crippen LogP contribution in [0.3, 0.4) is 0 Å². The van der Waals surface area contributed by atoms with Gasteiger partial charge < -0.3 is 0 Å². The third-order valence-electron chi connectivity index (χ3n) is 6.46. The van der Waals surface area contributed by atoms with Crippen LogP contribution in [0.25, 0.3) is 0 Å². The lowest BCUT2D eigenvalue weighted by atomic mass is 9.85. The Morgan fingerprint density at radius 3 is 2.00 bits per heavy atom. The van der Waals surface area contributed by atoms with Gasteiger partial charge in [0.25, 0.3) is 0 Å². The van der Waals surface area contributed by atoms with Crippen molar-refractivity contribution < 1.29 is 9.59 Å². The molecule has 1 saturated heterocycles. The molecule has 1 aromatic rings. The number of nitrogens with zero attached hydrogens (tertiary/aromatic N) is 1. The number of carbonyl (C=O) groups excluding carboxylic acids is 2. The third kappa shape index (κ3) is 1.29. The van der Waals surface area contributed by atoms with Crippen molar-refractivity contribution in [2.75, 3.05) is 4.90 Å². The maximum atomic E-state index is 12.9. The first-order chi connectivity index (χ1) is 10.7. The molecule has 3 aliphatic carbocycles. The summed E-state index contributed by atoms with van der Waals surface area (Å²) >= 11 is 0. The molecule has 1 aliphatic heterocycles. The van der Waals surface area contributed by atoms with Gasteiger partial charge in [0.05, 0.1) is 17.5 Å². The predicted molar refractivity (Wildman–Crippen MR) is 83.1 cm³/mol. The molecule has 0 aromatic heterocycles. The van der Waals surface area contributed by atoms with E-state index in [9.17, 15) is 9.59 Å². The van der Waals surface area contributed by atoms with Gasteiger partial charge in [-0.05, 0) is 54.2 Å². The zero-order chi connectivity index (χ0) is 15.1. The predicted octanol–water partition coefficient (Wildman–Crippen LogP) is 2.95. The minimum absolute atomic E-state index is 0.0300. The summed E-state index contributed by atoms with van der Waals surface area (Å²) in [4.78, 5) is 27.3. The summed E-state index contributed by atoms with van der Waals surface area (Å²) in [6.07, 6.45) is 7.77. The standard InChI is InChI=1S/C19H19NO2/c1-2-11-3-5-12(6-4-11)20-17(21)15-13-7-8-14(16(15)18(20)22)19(13)9-10-19/h3-8,13-16H,2,9-10H2,1H3/t13-,14-,15-,16-/m0/s1. The molecule has 0 N–H and O–H groups in total. The summed E-state index contributed by atoms with van der Waals surface area (Å²) in [5.41, 5.74) is 2.24. The van der Waals surface area contributed by atoms with E-state index in [1.54, 1.807) is 0 Å². The number of imide groups is 1. The number of amides is 2. The van der Waals surface area contributed by atoms with E-state index in [0.717, 1.165) is 12.1 Å². The van der Waals surface area contributed by atoms with Crippen molar-refractivity contribution in [1.29, 1.82) is 0 Å². The quantitative estimate of drug-likeness (QED) is 0.621. The molecular formula is C19H19NO2. The van der Waals surface area contributed by atoms with Crippen LogP contribution in [-0.2, 0) is 16.0 Å². The highest BCUT2D eigenvalue weighted by Crippen LogP contribution is 2.73. The Labute approximate surface area is 130 Å². The van der Waals surface area contributed by atoms with Crippen molar-refractivity contribution in [1.82, 2.24) is 0 Å². The van der Waals surface area contributed by atoms with Crippen molar-refractivity contribution in [3.63, 3.8) is 0 Å². The second-order valence-electron chi connectivity index (χ2n) is 7.25. The number of allylic oxidation sites excluding steroid dienone is 2. The lowest BCUT2D eigenvalue weighted by Gasteiger charge is -2.21. The van der Waals surface area contributed by atoms with E-state index in [0.29, 0.717) is 11.8 Å². The lowest BCUT2D eigenvalue weighted by Crippen LogP contribution is -2.34. The highest BCUT2D eigenvalue weighted by Gasteiger charge is 2.73. The zero-order valence-corrected chi connectivity index (χ0v) is 12.7. The van der Waals surface area contributed by atoms with Crippen LogP contribution in [-0.4, -0.2) is 11.8 Å². The van der Waals surface area contributed by atoms with E-state index in [4.69, 9.17) is 0 Å². The van der Waals surface area contributed by atoms with E-state index in [2.05, 4.69) is 19.1 Å². The number of hydrogen-bond acceptors (Lipinski definition) is 2. The zero-order valence-electron chi connectivity index (χ0n) is 12.7. The summed E-state index contributed by atoms with van der Waals surface area (Å²) in [7, 11) is 0. The molecular weight excluding hydrogens is 274 g/mol. The van der Waals surface area contributed by atoms with Gasteiger partial charge in [-0.25, -0.2) is 0 Å². The Morgan fingerprint density at radius 2 is 1.55 bits per heavy atom. The summed E-state index contributed by atoms with van der Waals surface area (Å²) < 4.78 is 0. The molecule has 4 atom stereocenters. The maximum Gasteiger partial charge on any atom is 0.238 e. The van der Waals surface area contributed by atoms with Crippen molar-refractivity contribution in [3.05, 3.63) is 42.0 Å². The number of fused-ring (bicyclic) bond motifs is 3. The van der Waals surface area contributed by atoms with E-state index in [-0.39, 0.29) is 29.1 Å². The van der Waals surface area contributed by atoms with Gasteiger partial charge in [0.2, 0.25) is 11.8 Å². The Kier molecular flexibility index (Phi) is 2.23. The fraction of sp³-hybridized carbons (Fsp3) is 0.474. The maximum absolute atomic E-state index is 12.9. The van der Waals surface area contributed by atoms with Crippen molar-refractivity contribution >= 4 is 17.5 Å². The summed E-state index contributed by atoms with van der Waals surface area (Å²) in [6.45, 7) is 2.10. The molecule has 5 rings (SSSR count). The molecule has 22 heavy (non-hydrogen) atoms. The van der Waals surface area contributed by atoms with Crippen molar-refractivity contribution in [2.45, 2.75) is 26.2 Å². The average Bonchev–Trinajstić information content (AvgIpc) is 3.13. The second kappa shape index (κ2) is 3.89. The molecule has 3 heteroatoms. The number of hydrogen-bond donors (Lipinski definition) is 0. The number of aryl methyl sites for hydroxylation is 1. The Balaban J connectivity index is 1.53. The Morgan fingerprint density at radius 1 is 1.00 bits per heavy atom. The molecule has 2 amide bonds. The van der Waals surface area contributed by atoms with Gasteiger partial charge in [-0.15, -0.1) is 0 Å². The highest BCUT2D eigenvalue weighted by molar-refractivity contribution is 6.23. The molecule has 3 nitrogen and oxygen atoms in total. The highest BCUT2D eigenvalue weighted by atomic mass is 16.2. The minimum atomic E-state index is -0.101. The van der Waals surface area contributed by atoms with Crippen LogP contribution >= 0.6 is 0 Å².